The Labute approximate surface area is 164 Å². The van der Waals surface area contributed by atoms with Crippen LogP contribution in [0.5, 0.6) is 0 Å². The van der Waals surface area contributed by atoms with Crippen LogP contribution in [0.3, 0.4) is 0 Å². The van der Waals surface area contributed by atoms with E-state index in [-0.39, 0.29) is 18.5 Å². The third-order valence-electron chi connectivity index (χ3n) is 4.27. The fourth-order valence-corrected chi connectivity index (χ4v) is 2.81. The lowest BCUT2D eigenvalue weighted by molar-refractivity contribution is 0.0187. The highest BCUT2D eigenvalue weighted by atomic mass is 16.6. The van der Waals surface area contributed by atoms with Crippen LogP contribution >= 0.6 is 0 Å². The average Bonchev–Trinajstić information content (AvgIpc) is 2.75. The molecular formula is C24H22O4. The van der Waals surface area contributed by atoms with Gasteiger partial charge in [0, 0.05) is 12.8 Å². The zero-order valence-electron chi connectivity index (χ0n) is 15.5. The van der Waals surface area contributed by atoms with Crippen LogP contribution in [-0.4, -0.2) is 24.6 Å². The smallest absolute Gasteiger partial charge is 0.338 e. The number of hydrogen-bond acceptors (Lipinski definition) is 4. The maximum Gasteiger partial charge on any atom is 0.338 e. The summed E-state index contributed by atoms with van der Waals surface area (Å²) < 4.78 is 11.1. The molecule has 4 nitrogen and oxygen atoms in total. The third kappa shape index (κ3) is 5.81. The molecule has 0 radical (unpaired) electrons. The minimum atomic E-state index is -0.390. The van der Waals surface area contributed by atoms with Gasteiger partial charge in [-0.1, -0.05) is 66.7 Å². The molecule has 0 saturated carbocycles. The molecule has 0 fully saturated rings. The molecule has 28 heavy (non-hydrogen) atoms. The highest BCUT2D eigenvalue weighted by Gasteiger charge is 2.18. The van der Waals surface area contributed by atoms with Gasteiger partial charge in [0.1, 0.15) is 6.10 Å². The van der Waals surface area contributed by atoms with Crippen LogP contribution < -0.4 is 0 Å². The topological polar surface area (TPSA) is 52.6 Å². The molecule has 0 N–H and O–H groups in total. The molecule has 0 aromatic heterocycles. The molecule has 142 valence electrons. The van der Waals surface area contributed by atoms with E-state index in [1.165, 1.54) is 0 Å². The summed E-state index contributed by atoms with van der Waals surface area (Å²) in [7, 11) is 0. The summed E-state index contributed by atoms with van der Waals surface area (Å²) in [6.45, 7) is 0.174. The van der Waals surface area contributed by atoms with Crippen LogP contribution in [0.2, 0.25) is 0 Å². The second-order valence-electron chi connectivity index (χ2n) is 6.37. The minimum absolute atomic E-state index is 0.174. The first kappa shape index (κ1) is 19.4. The van der Waals surface area contributed by atoms with E-state index in [2.05, 4.69) is 0 Å². The molecule has 0 aliphatic rings. The molecule has 0 aliphatic heterocycles. The largest absolute Gasteiger partial charge is 0.462 e. The highest BCUT2D eigenvalue weighted by Crippen LogP contribution is 2.13. The highest BCUT2D eigenvalue weighted by molar-refractivity contribution is 5.89. The van der Waals surface area contributed by atoms with E-state index in [0.29, 0.717) is 24.0 Å². The van der Waals surface area contributed by atoms with Gasteiger partial charge in [0.05, 0.1) is 17.7 Å². The second kappa shape index (κ2) is 10.1. The van der Waals surface area contributed by atoms with E-state index in [1.54, 1.807) is 48.5 Å². The monoisotopic (exact) mass is 374 g/mol. The first-order valence-corrected chi connectivity index (χ1v) is 9.24. The predicted octanol–water partition coefficient (Wildman–Crippen LogP) is 4.70. The van der Waals surface area contributed by atoms with Crippen molar-refractivity contribution in [3.8, 4) is 0 Å². The Morgan fingerprint density at radius 3 is 1.75 bits per heavy atom. The number of esters is 2. The summed E-state index contributed by atoms with van der Waals surface area (Å²) in [5, 5.41) is 0. The van der Waals surface area contributed by atoms with Crippen molar-refractivity contribution in [3.63, 3.8) is 0 Å². The Balaban J connectivity index is 1.60. The Morgan fingerprint density at radius 1 is 0.679 bits per heavy atom. The summed E-state index contributed by atoms with van der Waals surface area (Å²) in [6, 6.07) is 27.5. The van der Waals surface area contributed by atoms with Gasteiger partial charge in [-0.25, -0.2) is 9.59 Å². The summed E-state index contributed by atoms with van der Waals surface area (Å²) in [4.78, 5) is 24.5. The molecule has 1 unspecified atom stereocenters. The van der Waals surface area contributed by atoms with Crippen molar-refractivity contribution in [2.75, 3.05) is 6.61 Å². The zero-order valence-corrected chi connectivity index (χ0v) is 15.5. The molecule has 0 aliphatic carbocycles. The lowest BCUT2D eigenvalue weighted by Crippen LogP contribution is -2.23. The normalized spacial score (nSPS) is 11.4. The van der Waals surface area contributed by atoms with Gasteiger partial charge in [-0.2, -0.15) is 0 Å². The van der Waals surface area contributed by atoms with Crippen molar-refractivity contribution in [2.24, 2.45) is 0 Å². The van der Waals surface area contributed by atoms with Gasteiger partial charge in [0.25, 0.3) is 0 Å². The molecule has 0 saturated heterocycles. The molecule has 0 heterocycles. The molecule has 0 amide bonds. The fourth-order valence-electron chi connectivity index (χ4n) is 2.81. The van der Waals surface area contributed by atoms with Gasteiger partial charge in [-0.3, -0.25) is 0 Å². The Bertz CT molecular complexity index is 876. The molecule has 1 atom stereocenters. The number of carbonyl (C=O) groups excluding carboxylic acids is 2. The Morgan fingerprint density at radius 2 is 1.18 bits per heavy atom. The van der Waals surface area contributed by atoms with Crippen molar-refractivity contribution in [1.82, 2.24) is 0 Å². The van der Waals surface area contributed by atoms with Gasteiger partial charge in [-0.05, 0) is 29.8 Å². The minimum Gasteiger partial charge on any atom is -0.462 e. The van der Waals surface area contributed by atoms with Crippen molar-refractivity contribution in [3.05, 3.63) is 108 Å². The standard InChI is InChI=1S/C24H22O4/c25-23(20-12-6-2-7-13-20)27-17-16-22(18-19-10-4-1-5-11-19)28-24(26)21-14-8-3-9-15-21/h1-15,22H,16-18H2. The van der Waals surface area contributed by atoms with Gasteiger partial charge in [0.15, 0.2) is 0 Å². The Hall–Kier alpha value is -3.40. The molecule has 4 heteroatoms. The fraction of sp³-hybridized carbons (Fsp3) is 0.167. The van der Waals surface area contributed by atoms with Crippen LogP contribution in [0.15, 0.2) is 91.0 Å². The van der Waals surface area contributed by atoms with Crippen molar-refractivity contribution < 1.29 is 19.1 Å². The summed E-state index contributed by atoms with van der Waals surface area (Å²) >= 11 is 0. The van der Waals surface area contributed by atoms with E-state index >= 15 is 0 Å². The van der Waals surface area contributed by atoms with Crippen molar-refractivity contribution in [1.29, 1.82) is 0 Å². The second-order valence-corrected chi connectivity index (χ2v) is 6.37. The van der Waals surface area contributed by atoms with E-state index in [0.717, 1.165) is 5.56 Å². The molecule has 0 spiro atoms. The van der Waals surface area contributed by atoms with Gasteiger partial charge >= 0.3 is 11.9 Å². The van der Waals surface area contributed by atoms with E-state index in [1.807, 2.05) is 42.5 Å². The van der Waals surface area contributed by atoms with Crippen LogP contribution in [0, 0.1) is 0 Å². The molecule has 3 aromatic rings. The summed E-state index contributed by atoms with van der Waals surface area (Å²) in [5.74, 6) is -0.760. The lowest BCUT2D eigenvalue weighted by atomic mass is 10.1. The molecule has 0 bridgehead atoms. The van der Waals surface area contributed by atoms with E-state index < -0.39 is 6.10 Å². The number of ether oxygens (including phenoxy) is 2. The predicted molar refractivity (Wildman–Crippen MR) is 107 cm³/mol. The number of carbonyl (C=O) groups is 2. The zero-order chi connectivity index (χ0) is 19.6. The lowest BCUT2D eigenvalue weighted by Gasteiger charge is -2.18. The van der Waals surface area contributed by atoms with Crippen LogP contribution in [0.1, 0.15) is 32.7 Å². The quantitative estimate of drug-likeness (QED) is 0.536. The molecular weight excluding hydrogens is 352 g/mol. The SMILES string of the molecule is O=C(OCCC(Cc1ccccc1)OC(=O)c1ccccc1)c1ccccc1. The number of hydrogen-bond donors (Lipinski definition) is 0. The first-order chi connectivity index (χ1) is 13.7. The van der Waals surface area contributed by atoms with Crippen molar-refractivity contribution >= 4 is 11.9 Å². The average molecular weight is 374 g/mol. The van der Waals surface area contributed by atoms with Crippen molar-refractivity contribution in [2.45, 2.75) is 18.9 Å². The molecule has 3 rings (SSSR count). The van der Waals surface area contributed by atoms with E-state index in [9.17, 15) is 9.59 Å². The number of rotatable bonds is 8. The summed E-state index contributed by atoms with van der Waals surface area (Å²) in [6.07, 6.45) is 0.590. The maximum atomic E-state index is 12.4. The third-order valence-corrected chi connectivity index (χ3v) is 4.27. The van der Waals surface area contributed by atoms with Gasteiger partial charge < -0.3 is 9.47 Å². The van der Waals surface area contributed by atoms with Crippen LogP contribution in [0.25, 0.3) is 0 Å². The summed E-state index contributed by atoms with van der Waals surface area (Å²) in [5.41, 5.74) is 2.06. The van der Waals surface area contributed by atoms with Crippen LogP contribution in [0.4, 0.5) is 0 Å². The van der Waals surface area contributed by atoms with Gasteiger partial charge in [-0.15, -0.1) is 0 Å². The Kier molecular flexibility index (Phi) is 6.96. The molecule has 3 aromatic carbocycles. The van der Waals surface area contributed by atoms with Gasteiger partial charge in [0.2, 0.25) is 0 Å². The maximum absolute atomic E-state index is 12.4. The van der Waals surface area contributed by atoms with E-state index in [4.69, 9.17) is 9.47 Å². The van der Waals surface area contributed by atoms with Crippen LogP contribution in [-0.2, 0) is 15.9 Å². The number of benzene rings is 3. The first-order valence-electron chi connectivity index (χ1n) is 9.24.